The van der Waals surface area contributed by atoms with Crippen LogP contribution in [0.15, 0.2) is 42.9 Å². The first-order valence-electron chi connectivity index (χ1n) is 11.0. The number of carbonyl (C=O) groups excluding carboxylic acids is 1. The average Bonchev–Trinajstić information content (AvgIpc) is 3.46. The summed E-state index contributed by atoms with van der Waals surface area (Å²) in [5.41, 5.74) is 3.03. The van der Waals surface area contributed by atoms with E-state index in [2.05, 4.69) is 25.0 Å². The predicted octanol–water partition coefficient (Wildman–Crippen LogP) is 2.96. The molecule has 33 heavy (non-hydrogen) atoms. The van der Waals surface area contributed by atoms with E-state index >= 15 is 0 Å². The second-order valence-electron chi connectivity index (χ2n) is 8.10. The smallest absolute Gasteiger partial charge is 0.253 e. The molecule has 0 unspecified atom stereocenters. The van der Waals surface area contributed by atoms with E-state index in [1.807, 2.05) is 30.5 Å². The number of nitrogens with one attached hydrogen (secondary N) is 1. The lowest BCUT2D eigenvalue weighted by molar-refractivity contribution is 0.0950. The highest BCUT2D eigenvalue weighted by molar-refractivity contribution is 5.96. The van der Waals surface area contributed by atoms with Gasteiger partial charge in [-0.3, -0.25) is 4.79 Å². The molecule has 4 heterocycles. The van der Waals surface area contributed by atoms with Gasteiger partial charge in [0.1, 0.15) is 17.3 Å². The van der Waals surface area contributed by atoms with E-state index in [4.69, 9.17) is 9.47 Å². The van der Waals surface area contributed by atoms with Crippen LogP contribution < -0.4 is 14.8 Å². The van der Waals surface area contributed by atoms with Crippen LogP contribution in [-0.2, 0) is 26.1 Å². The molecule has 0 spiro atoms. The van der Waals surface area contributed by atoms with E-state index in [1.165, 1.54) is 12.8 Å². The molecule has 0 saturated carbocycles. The van der Waals surface area contributed by atoms with Crippen molar-refractivity contribution in [2.75, 3.05) is 14.2 Å². The molecule has 0 fully saturated rings. The molecular weight excluding hydrogens is 420 g/mol. The highest BCUT2D eigenvalue weighted by atomic mass is 16.5. The van der Waals surface area contributed by atoms with E-state index in [-0.39, 0.29) is 5.91 Å². The van der Waals surface area contributed by atoms with Gasteiger partial charge >= 0.3 is 0 Å². The van der Waals surface area contributed by atoms with Crippen LogP contribution in [0.25, 0.3) is 11.0 Å². The van der Waals surface area contributed by atoms with Crippen LogP contribution in [0, 0.1) is 0 Å². The van der Waals surface area contributed by atoms with Gasteiger partial charge < -0.3 is 19.4 Å². The summed E-state index contributed by atoms with van der Waals surface area (Å²) in [5, 5.41) is 8.21. The molecule has 3 aromatic heterocycles. The van der Waals surface area contributed by atoms with Crippen LogP contribution in [0.2, 0.25) is 0 Å². The van der Waals surface area contributed by atoms with Gasteiger partial charge in [-0.15, -0.1) is 0 Å². The summed E-state index contributed by atoms with van der Waals surface area (Å²) in [5.74, 6) is 2.37. The zero-order valence-corrected chi connectivity index (χ0v) is 18.7. The van der Waals surface area contributed by atoms with E-state index < -0.39 is 0 Å². The zero-order valence-electron chi connectivity index (χ0n) is 18.7. The number of rotatable bonds is 7. The third-order valence-corrected chi connectivity index (χ3v) is 5.94. The summed E-state index contributed by atoms with van der Waals surface area (Å²) in [6.45, 7) is 1.89. The largest absolute Gasteiger partial charge is 0.497 e. The van der Waals surface area contributed by atoms with E-state index in [0.29, 0.717) is 24.3 Å². The number of imidazole rings is 1. The first-order valence-corrected chi connectivity index (χ1v) is 11.0. The monoisotopic (exact) mass is 446 g/mol. The second kappa shape index (κ2) is 8.93. The third-order valence-electron chi connectivity index (χ3n) is 5.94. The molecule has 4 aromatic rings. The molecule has 0 atom stereocenters. The van der Waals surface area contributed by atoms with Gasteiger partial charge in [-0.1, -0.05) is 0 Å². The van der Waals surface area contributed by atoms with Crippen molar-refractivity contribution < 1.29 is 14.3 Å². The predicted molar refractivity (Wildman–Crippen MR) is 123 cm³/mol. The molecule has 0 aliphatic carbocycles. The highest BCUT2D eigenvalue weighted by Crippen LogP contribution is 2.26. The molecule has 0 bridgehead atoms. The Morgan fingerprint density at radius 2 is 2.06 bits per heavy atom. The lowest BCUT2D eigenvalue weighted by atomic mass is 10.2. The molecule has 1 aliphatic heterocycles. The van der Waals surface area contributed by atoms with Crippen molar-refractivity contribution in [3.05, 3.63) is 65.5 Å². The maximum absolute atomic E-state index is 12.7. The van der Waals surface area contributed by atoms with Crippen molar-refractivity contribution in [2.24, 2.45) is 0 Å². The van der Waals surface area contributed by atoms with Crippen LogP contribution >= 0.6 is 0 Å². The number of pyridine rings is 1. The molecule has 9 nitrogen and oxygen atoms in total. The van der Waals surface area contributed by atoms with Crippen LogP contribution in [0.1, 0.15) is 40.3 Å². The minimum atomic E-state index is -0.181. The highest BCUT2D eigenvalue weighted by Gasteiger charge is 2.15. The maximum atomic E-state index is 12.7. The van der Waals surface area contributed by atoms with E-state index in [1.54, 1.807) is 31.3 Å². The molecule has 0 radical (unpaired) electrons. The number of aromatic nitrogens is 5. The number of hydrogen-bond donors (Lipinski definition) is 1. The van der Waals surface area contributed by atoms with Gasteiger partial charge in [-0.2, -0.15) is 5.10 Å². The number of benzene rings is 1. The fourth-order valence-electron chi connectivity index (χ4n) is 4.19. The average molecular weight is 447 g/mol. The third kappa shape index (κ3) is 4.26. The summed E-state index contributed by atoms with van der Waals surface area (Å²) in [6.07, 6.45) is 8.69. The van der Waals surface area contributed by atoms with Crippen LogP contribution in [-0.4, -0.2) is 44.4 Å². The molecule has 1 aromatic carbocycles. The van der Waals surface area contributed by atoms with Gasteiger partial charge in [0.2, 0.25) is 0 Å². The first kappa shape index (κ1) is 21.0. The Bertz CT molecular complexity index is 1290. The summed E-state index contributed by atoms with van der Waals surface area (Å²) in [4.78, 5) is 21.9. The second-order valence-corrected chi connectivity index (χ2v) is 8.10. The fourth-order valence-corrected chi connectivity index (χ4v) is 4.19. The Balaban J connectivity index is 1.29. The Hall–Kier alpha value is -3.88. The summed E-state index contributed by atoms with van der Waals surface area (Å²) >= 11 is 0. The van der Waals surface area contributed by atoms with E-state index in [9.17, 15) is 4.79 Å². The topological polar surface area (TPSA) is 96.1 Å². The molecule has 0 saturated heterocycles. The number of ether oxygens (including phenoxy) is 2. The van der Waals surface area contributed by atoms with Gasteiger partial charge in [-0.05, 0) is 31.0 Å². The van der Waals surface area contributed by atoms with Crippen LogP contribution in [0.5, 0.6) is 11.5 Å². The summed E-state index contributed by atoms with van der Waals surface area (Å²) in [7, 11) is 3.25. The molecule has 170 valence electrons. The maximum Gasteiger partial charge on any atom is 0.253 e. The standard InChI is InChI=1S/C24H26N6O3/c1-32-20-7-6-16(21(10-20)33-2)14-30-23-17(12-27-30)9-18(11-25-23)24(31)26-13-19-15-29-8-4-3-5-22(29)28-19/h6-7,9-12,15H,3-5,8,13-14H2,1-2H3,(H,26,31). The molecule has 1 N–H and O–H groups in total. The van der Waals surface area contributed by atoms with E-state index in [0.717, 1.165) is 46.9 Å². The lowest BCUT2D eigenvalue weighted by Gasteiger charge is -2.11. The SMILES string of the molecule is COc1ccc(Cn2ncc3cc(C(=O)NCc4cn5c(n4)CCCC5)cnc32)c(OC)c1. The molecule has 1 amide bonds. The number of nitrogens with zero attached hydrogens (tertiary/aromatic N) is 5. The Morgan fingerprint density at radius 1 is 1.15 bits per heavy atom. The minimum Gasteiger partial charge on any atom is -0.497 e. The molecular formula is C24H26N6O3. The van der Waals surface area contributed by atoms with Crippen molar-refractivity contribution >= 4 is 16.9 Å². The van der Waals surface area contributed by atoms with Crippen molar-refractivity contribution in [3.63, 3.8) is 0 Å². The Kier molecular flexibility index (Phi) is 5.68. The number of aryl methyl sites for hydroxylation is 2. The van der Waals surface area contributed by atoms with Gasteiger partial charge in [0.25, 0.3) is 5.91 Å². The van der Waals surface area contributed by atoms with Crippen LogP contribution in [0.3, 0.4) is 0 Å². The van der Waals surface area contributed by atoms with Gasteiger partial charge in [0.15, 0.2) is 5.65 Å². The summed E-state index contributed by atoms with van der Waals surface area (Å²) in [6, 6.07) is 7.48. The number of methoxy groups -OCH3 is 2. The first-order chi connectivity index (χ1) is 16.1. The number of amides is 1. The molecule has 9 heteroatoms. The minimum absolute atomic E-state index is 0.181. The Labute approximate surface area is 191 Å². The van der Waals surface area contributed by atoms with Gasteiger partial charge in [0.05, 0.1) is 44.8 Å². The molecule has 1 aliphatic rings. The van der Waals surface area contributed by atoms with Crippen molar-refractivity contribution in [3.8, 4) is 11.5 Å². The number of carbonyl (C=O) groups is 1. The van der Waals surface area contributed by atoms with Crippen LogP contribution in [0.4, 0.5) is 0 Å². The zero-order chi connectivity index (χ0) is 22.8. The number of hydrogen-bond acceptors (Lipinski definition) is 6. The van der Waals surface area contributed by atoms with Crippen molar-refractivity contribution in [1.82, 2.24) is 29.6 Å². The van der Waals surface area contributed by atoms with Crippen molar-refractivity contribution in [2.45, 2.75) is 38.9 Å². The number of fused-ring (bicyclic) bond motifs is 2. The normalized spacial score (nSPS) is 13.0. The fraction of sp³-hybridized carbons (Fsp3) is 0.333. The molecule has 5 rings (SSSR count). The van der Waals surface area contributed by atoms with Gasteiger partial charge in [-0.25, -0.2) is 14.6 Å². The quantitative estimate of drug-likeness (QED) is 0.469. The lowest BCUT2D eigenvalue weighted by Crippen LogP contribution is -2.23. The Morgan fingerprint density at radius 3 is 2.88 bits per heavy atom. The van der Waals surface area contributed by atoms with Gasteiger partial charge in [0, 0.05) is 42.4 Å². The van der Waals surface area contributed by atoms with Crippen molar-refractivity contribution in [1.29, 1.82) is 0 Å². The summed E-state index contributed by atoms with van der Waals surface area (Å²) < 4.78 is 14.7.